The SMILES string of the molecule is CCS(=O)(=O)CCNc1ncc(Br)cc1[N+](=O)[O-]. The minimum absolute atomic E-state index is 0.0462. The van der Waals surface area contributed by atoms with Gasteiger partial charge in [-0.1, -0.05) is 6.92 Å². The van der Waals surface area contributed by atoms with Gasteiger partial charge in [0.25, 0.3) is 0 Å². The number of nitrogens with zero attached hydrogens (tertiary/aromatic N) is 2. The highest BCUT2D eigenvalue weighted by Crippen LogP contribution is 2.24. The van der Waals surface area contributed by atoms with Crippen LogP contribution in [0.4, 0.5) is 11.5 Å². The third-order valence-electron chi connectivity index (χ3n) is 2.18. The minimum Gasteiger partial charge on any atom is -0.363 e. The Balaban J connectivity index is 2.77. The number of nitro groups is 1. The van der Waals surface area contributed by atoms with Crippen molar-refractivity contribution in [1.82, 2.24) is 4.98 Å². The maximum absolute atomic E-state index is 11.3. The highest BCUT2D eigenvalue weighted by molar-refractivity contribution is 9.10. The fourth-order valence-corrected chi connectivity index (χ4v) is 2.19. The zero-order valence-corrected chi connectivity index (χ0v) is 12.0. The predicted octanol–water partition coefficient (Wildman–Crippen LogP) is 1.60. The summed E-state index contributed by atoms with van der Waals surface area (Å²) in [4.78, 5) is 14.1. The van der Waals surface area contributed by atoms with Gasteiger partial charge in [-0.25, -0.2) is 13.4 Å². The maximum atomic E-state index is 11.3. The van der Waals surface area contributed by atoms with E-state index in [1.54, 1.807) is 6.92 Å². The van der Waals surface area contributed by atoms with Gasteiger partial charge in [0.1, 0.15) is 0 Å². The first-order valence-corrected chi connectivity index (χ1v) is 7.71. The molecule has 0 aliphatic heterocycles. The van der Waals surface area contributed by atoms with Gasteiger partial charge in [0, 0.05) is 29.0 Å². The molecule has 1 aromatic heterocycles. The van der Waals surface area contributed by atoms with Crippen LogP contribution < -0.4 is 5.32 Å². The Morgan fingerprint density at radius 1 is 1.56 bits per heavy atom. The first-order chi connectivity index (χ1) is 8.35. The Morgan fingerprint density at radius 3 is 2.78 bits per heavy atom. The van der Waals surface area contributed by atoms with Gasteiger partial charge in [-0.15, -0.1) is 0 Å². The third kappa shape index (κ3) is 4.22. The molecule has 0 unspecified atom stereocenters. The number of halogens is 1. The topological polar surface area (TPSA) is 102 Å². The van der Waals surface area contributed by atoms with Crippen molar-refractivity contribution in [1.29, 1.82) is 0 Å². The van der Waals surface area contributed by atoms with Crippen LogP contribution in [0.5, 0.6) is 0 Å². The van der Waals surface area contributed by atoms with Crippen LogP contribution in [-0.4, -0.2) is 36.4 Å². The zero-order chi connectivity index (χ0) is 13.8. The zero-order valence-electron chi connectivity index (χ0n) is 9.59. The van der Waals surface area contributed by atoms with E-state index in [0.29, 0.717) is 4.47 Å². The smallest absolute Gasteiger partial charge is 0.312 e. The van der Waals surface area contributed by atoms with E-state index in [-0.39, 0.29) is 29.6 Å². The lowest BCUT2D eigenvalue weighted by Crippen LogP contribution is -2.18. The fraction of sp³-hybridized carbons (Fsp3) is 0.444. The van der Waals surface area contributed by atoms with Gasteiger partial charge in [-0.05, 0) is 15.9 Å². The molecule has 0 aromatic carbocycles. The molecule has 0 bridgehead atoms. The molecular weight excluding hydrogens is 326 g/mol. The van der Waals surface area contributed by atoms with Gasteiger partial charge in [-0.2, -0.15) is 0 Å². The van der Waals surface area contributed by atoms with Crippen molar-refractivity contribution in [3.8, 4) is 0 Å². The largest absolute Gasteiger partial charge is 0.363 e. The summed E-state index contributed by atoms with van der Waals surface area (Å²) in [6, 6.07) is 1.31. The first-order valence-electron chi connectivity index (χ1n) is 5.10. The minimum atomic E-state index is -3.10. The second-order valence-corrected chi connectivity index (χ2v) is 6.83. The van der Waals surface area contributed by atoms with Crippen LogP contribution in [0.2, 0.25) is 0 Å². The van der Waals surface area contributed by atoms with Gasteiger partial charge >= 0.3 is 5.69 Å². The average molecular weight is 338 g/mol. The number of rotatable bonds is 6. The van der Waals surface area contributed by atoms with E-state index in [9.17, 15) is 18.5 Å². The summed E-state index contributed by atoms with van der Waals surface area (Å²) in [7, 11) is -3.10. The molecular formula is C9H12BrN3O4S. The molecule has 0 radical (unpaired) electrons. The number of pyridine rings is 1. The molecule has 0 saturated heterocycles. The molecule has 100 valence electrons. The Labute approximate surface area is 113 Å². The Hall–Kier alpha value is -1.22. The normalized spacial score (nSPS) is 11.2. The lowest BCUT2D eigenvalue weighted by molar-refractivity contribution is -0.384. The number of anilines is 1. The number of hydrogen-bond acceptors (Lipinski definition) is 6. The number of nitrogens with one attached hydrogen (secondary N) is 1. The molecule has 1 aromatic rings. The van der Waals surface area contributed by atoms with E-state index in [2.05, 4.69) is 26.2 Å². The van der Waals surface area contributed by atoms with Crippen molar-refractivity contribution >= 4 is 37.3 Å². The van der Waals surface area contributed by atoms with Crippen LogP contribution in [-0.2, 0) is 9.84 Å². The summed E-state index contributed by atoms with van der Waals surface area (Å²) < 4.78 is 23.0. The molecule has 0 fully saturated rings. The number of aromatic nitrogens is 1. The van der Waals surface area contributed by atoms with Gasteiger partial charge in [-0.3, -0.25) is 10.1 Å². The molecule has 0 aliphatic carbocycles. The molecule has 0 spiro atoms. The van der Waals surface area contributed by atoms with Gasteiger partial charge < -0.3 is 5.32 Å². The number of hydrogen-bond donors (Lipinski definition) is 1. The lowest BCUT2D eigenvalue weighted by atomic mass is 10.4. The summed E-state index contributed by atoms with van der Waals surface area (Å²) >= 11 is 3.09. The van der Waals surface area contributed by atoms with Crippen LogP contribution in [0, 0.1) is 10.1 Å². The van der Waals surface area contributed by atoms with Crippen LogP contribution in [0.3, 0.4) is 0 Å². The highest BCUT2D eigenvalue weighted by Gasteiger charge is 2.16. The van der Waals surface area contributed by atoms with E-state index in [1.165, 1.54) is 12.3 Å². The fourth-order valence-electron chi connectivity index (χ4n) is 1.17. The molecule has 0 amide bonds. The predicted molar refractivity (Wildman–Crippen MR) is 71.4 cm³/mol. The summed E-state index contributed by atoms with van der Waals surface area (Å²) in [6.07, 6.45) is 1.41. The van der Waals surface area contributed by atoms with Crippen LogP contribution in [0.1, 0.15) is 6.92 Å². The third-order valence-corrected chi connectivity index (χ3v) is 4.32. The summed E-state index contributed by atoms with van der Waals surface area (Å²) in [5.74, 6) is 0.0256. The van der Waals surface area contributed by atoms with Crippen LogP contribution in [0.25, 0.3) is 0 Å². The Bertz CT molecular complexity index is 547. The van der Waals surface area contributed by atoms with E-state index >= 15 is 0 Å². The maximum Gasteiger partial charge on any atom is 0.312 e. The van der Waals surface area contributed by atoms with Crippen molar-refractivity contribution in [3.63, 3.8) is 0 Å². The molecule has 1 N–H and O–H groups in total. The van der Waals surface area contributed by atoms with Gasteiger partial charge in [0.05, 0.1) is 10.7 Å². The van der Waals surface area contributed by atoms with E-state index in [1.807, 2.05) is 0 Å². The van der Waals surface area contributed by atoms with E-state index < -0.39 is 14.8 Å². The quantitative estimate of drug-likeness (QED) is 0.624. The second-order valence-electron chi connectivity index (χ2n) is 3.44. The second kappa shape index (κ2) is 6.10. The van der Waals surface area contributed by atoms with Crippen molar-refractivity contribution in [2.45, 2.75) is 6.92 Å². The monoisotopic (exact) mass is 337 g/mol. The average Bonchev–Trinajstić information content (AvgIpc) is 2.30. The molecule has 7 nitrogen and oxygen atoms in total. The Morgan fingerprint density at radius 2 is 2.22 bits per heavy atom. The van der Waals surface area contributed by atoms with Crippen molar-refractivity contribution < 1.29 is 13.3 Å². The summed E-state index contributed by atoms with van der Waals surface area (Å²) in [5, 5.41) is 13.4. The van der Waals surface area contributed by atoms with E-state index in [4.69, 9.17) is 0 Å². The summed E-state index contributed by atoms with van der Waals surface area (Å²) in [5.41, 5.74) is -0.196. The summed E-state index contributed by atoms with van der Waals surface area (Å²) in [6.45, 7) is 1.64. The molecule has 0 atom stereocenters. The highest BCUT2D eigenvalue weighted by atomic mass is 79.9. The van der Waals surface area contributed by atoms with Crippen molar-refractivity contribution in [3.05, 3.63) is 26.9 Å². The van der Waals surface area contributed by atoms with Gasteiger partial charge in [0.15, 0.2) is 9.84 Å². The van der Waals surface area contributed by atoms with Gasteiger partial charge in [0.2, 0.25) is 5.82 Å². The van der Waals surface area contributed by atoms with Crippen LogP contribution >= 0.6 is 15.9 Å². The lowest BCUT2D eigenvalue weighted by Gasteiger charge is -2.06. The molecule has 9 heteroatoms. The first kappa shape index (κ1) is 14.8. The molecule has 0 aliphatic rings. The van der Waals surface area contributed by atoms with Crippen molar-refractivity contribution in [2.75, 3.05) is 23.4 Å². The van der Waals surface area contributed by atoms with Crippen molar-refractivity contribution in [2.24, 2.45) is 0 Å². The molecule has 1 heterocycles. The molecule has 18 heavy (non-hydrogen) atoms. The molecule has 1 rings (SSSR count). The van der Waals surface area contributed by atoms with E-state index in [0.717, 1.165) is 0 Å². The standard InChI is InChI=1S/C9H12BrN3O4S/c1-2-18(16,17)4-3-11-9-8(13(14)15)5-7(10)6-12-9/h5-6H,2-4H2,1H3,(H,11,12). The van der Waals surface area contributed by atoms with Crippen LogP contribution in [0.15, 0.2) is 16.7 Å². The Kier molecular flexibility index (Phi) is 5.03. The molecule has 0 saturated carbocycles. The number of sulfone groups is 1.